The van der Waals surface area contributed by atoms with Crippen molar-refractivity contribution in [2.45, 2.75) is 32.8 Å². The molecular formula is C13H19N3O2. The van der Waals surface area contributed by atoms with Crippen LogP contribution in [-0.4, -0.2) is 39.9 Å². The van der Waals surface area contributed by atoms with Gasteiger partial charge in [-0.05, 0) is 38.8 Å². The van der Waals surface area contributed by atoms with E-state index in [1.54, 1.807) is 11.1 Å². The first-order chi connectivity index (χ1) is 8.46. The van der Waals surface area contributed by atoms with Crippen molar-refractivity contribution in [3.05, 3.63) is 24.0 Å². The van der Waals surface area contributed by atoms with Gasteiger partial charge in [-0.2, -0.15) is 5.10 Å². The first-order valence-electron chi connectivity index (χ1n) is 6.12. The number of carbonyl (C=O) groups excluding carboxylic acids is 1. The number of aromatic amines is 1. The molecule has 0 aromatic carbocycles. The molecule has 1 amide bonds. The average Bonchev–Trinajstić information content (AvgIpc) is 2.80. The molecule has 1 aliphatic heterocycles. The highest BCUT2D eigenvalue weighted by Crippen LogP contribution is 2.21. The Balaban J connectivity index is 1.96. The van der Waals surface area contributed by atoms with Crippen molar-refractivity contribution in [2.24, 2.45) is 0 Å². The highest BCUT2D eigenvalue weighted by molar-refractivity contribution is 5.71. The molecule has 0 atom stereocenters. The van der Waals surface area contributed by atoms with Gasteiger partial charge in [-0.15, -0.1) is 0 Å². The van der Waals surface area contributed by atoms with Crippen LogP contribution < -0.4 is 0 Å². The predicted octanol–water partition coefficient (Wildman–Crippen LogP) is 2.43. The summed E-state index contributed by atoms with van der Waals surface area (Å²) in [6, 6.07) is 1.94. The third-order valence-corrected chi connectivity index (χ3v) is 2.71. The van der Waals surface area contributed by atoms with Gasteiger partial charge in [-0.1, -0.05) is 6.08 Å². The molecule has 18 heavy (non-hydrogen) atoms. The molecule has 2 rings (SSSR count). The van der Waals surface area contributed by atoms with Crippen LogP contribution in [0.1, 0.15) is 32.9 Å². The molecule has 0 saturated heterocycles. The molecule has 1 aromatic heterocycles. The van der Waals surface area contributed by atoms with Gasteiger partial charge in [-0.25, -0.2) is 4.79 Å². The lowest BCUT2D eigenvalue weighted by atomic mass is 10.1. The Labute approximate surface area is 107 Å². The summed E-state index contributed by atoms with van der Waals surface area (Å²) in [6.45, 7) is 6.89. The molecule has 0 bridgehead atoms. The van der Waals surface area contributed by atoms with Crippen molar-refractivity contribution in [3.8, 4) is 0 Å². The average molecular weight is 249 g/mol. The van der Waals surface area contributed by atoms with Gasteiger partial charge in [0, 0.05) is 19.3 Å². The molecule has 98 valence electrons. The van der Waals surface area contributed by atoms with E-state index in [-0.39, 0.29) is 6.09 Å². The zero-order valence-electron chi connectivity index (χ0n) is 11.1. The van der Waals surface area contributed by atoms with Gasteiger partial charge < -0.3 is 9.64 Å². The molecule has 0 unspecified atom stereocenters. The second-order valence-corrected chi connectivity index (χ2v) is 5.38. The normalized spacial score (nSPS) is 16.4. The quantitative estimate of drug-likeness (QED) is 0.831. The molecule has 0 saturated carbocycles. The number of nitrogens with zero attached hydrogens (tertiary/aromatic N) is 2. The summed E-state index contributed by atoms with van der Waals surface area (Å²) in [6.07, 6.45) is 4.35. The second-order valence-electron chi connectivity index (χ2n) is 5.38. The molecule has 2 heterocycles. The summed E-state index contributed by atoms with van der Waals surface area (Å²) in [5, 5.41) is 6.87. The monoisotopic (exact) mass is 249 g/mol. The lowest BCUT2D eigenvalue weighted by molar-refractivity contribution is 0.0270. The molecule has 5 nitrogen and oxygen atoms in total. The van der Waals surface area contributed by atoms with Gasteiger partial charge >= 0.3 is 6.09 Å². The molecule has 1 aromatic rings. The van der Waals surface area contributed by atoms with Crippen LogP contribution in [0.25, 0.3) is 5.57 Å². The summed E-state index contributed by atoms with van der Waals surface area (Å²) in [4.78, 5) is 13.6. The van der Waals surface area contributed by atoms with Gasteiger partial charge in [0.2, 0.25) is 0 Å². The van der Waals surface area contributed by atoms with E-state index in [0.717, 1.165) is 12.1 Å². The van der Waals surface area contributed by atoms with Gasteiger partial charge in [0.25, 0.3) is 0 Å². The van der Waals surface area contributed by atoms with Crippen LogP contribution in [0, 0.1) is 0 Å². The molecule has 0 radical (unpaired) electrons. The van der Waals surface area contributed by atoms with Crippen molar-refractivity contribution >= 4 is 11.7 Å². The Morgan fingerprint density at radius 2 is 2.28 bits per heavy atom. The number of nitrogens with one attached hydrogen (secondary N) is 1. The van der Waals surface area contributed by atoms with Crippen molar-refractivity contribution in [1.82, 2.24) is 15.1 Å². The number of aromatic nitrogens is 2. The second kappa shape index (κ2) is 4.84. The summed E-state index contributed by atoms with van der Waals surface area (Å²) < 4.78 is 5.34. The number of H-pyrrole nitrogens is 1. The summed E-state index contributed by atoms with van der Waals surface area (Å²) in [5.74, 6) is 0. The maximum atomic E-state index is 11.9. The minimum atomic E-state index is -0.440. The lowest BCUT2D eigenvalue weighted by Gasteiger charge is -2.29. The summed E-state index contributed by atoms with van der Waals surface area (Å²) in [7, 11) is 0. The SMILES string of the molecule is CC(C)(C)OC(=O)N1CC=C(c2ccn[nH]2)CC1. The van der Waals surface area contributed by atoms with Gasteiger partial charge in [0.05, 0.1) is 5.69 Å². The van der Waals surface area contributed by atoms with Crippen molar-refractivity contribution < 1.29 is 9.53 Å². The number of rotatable bonds is 1. The number of ether oxygens (including phenoxy) is 1. The molecule has 1 N–H and O–H groups in total. The topological polar surface area (TPSA) is 58.2 Å². The van der Waals surface area contributed by atoms with E-state index in [2.05, 4.69) is 10.2 Å². The Bertz CT molecular complexity index is 443. The smallest absolute Gasteiger partial charge is 0.410 e. The van der Waals surface area contributed by atoms with Crippen LogP contribution >= 0.6 is 0 Å². The number of hydrogen-bond acceptors (Lipinski definition) is 3. The number of hydrogen-bond donors (Lipinski definition) is 1. The van der Waals surface area contributed by atoms with Crippen molar-refractivity contribution in [2.75, 3.05) is 13.1 Å². The van der Waals surface area contributed by atoms with Crippen molar-refractivity contribution in [1.29, 1.82) is 0 Å². The first-order valence-corrected chi connectivity index (χ1v) is 6.12. The number of amides is 1. The molecule has 0 spiro atoms. The maximum absolute atomic E-state index is 11.9. The molecular weight excluding hydrogens is 230 g/mol. The highest BCUT2D eigenvalue weighted by atomic mass is 16.6. The fourth-order valence-corrected chi connectivity index (χ4v) is 1.84. The van der Waals surface area contributed by atoms with E-state index in [0.29, 0.717) is 13.1 Å². The van der Waals surface area contributed by atoms with E-state index in [1.807, 2.05) is 32.9 Å². The van der Waals surface area contributed by atoms with Gasteiger partial charge in [0.15, 0.2) is 0 Å². The zero-order valence-corrected chi connectivity index (χ0v) is 11.1. The van der Waals surface area contributed by atoms with E-state index in [4.69, 9.17) is 4.74 Å². The van der Waals surface area contributed by atoms with Crippen molar-refractivity contribution in [3.63, 3.8) is 0 Å². The summed E-state index contributed by atoms with van der Waals surface area (Å²) in [5.41, 5.74) is 1.79. The predicted molar refractivity (Wildman–Crippen MR) is 69.0 cm³/mol. The van der Waals surface area contributed by atoms with Gasteiger partial charge in [0.1, 0.15) is 5.60 Å². The van der Waals surface area contributed by atoms with Crippen LogP contribution in [0.4, 0.5) is 4.79 Å². The van der Waals surface area contributed by atoms with Crippen LogP contribution in [0.3, 0.4) is 0 Å². The van der Waals surface area contributed by atoms with Crippen LogP contribution in [0.15, 0.2) is 18.3 Å². The first kappa shape index (κ1) is 12.7. The maximum Gasteiger partial charge on any atom is 0.410 e. The van der Waals surface area contributed by atoms with E-state index >= 15 is 0 Å². The fourth-order valence-electron chi connectivity index (χ4n) is 1.84. The third kappa shape index (κ3) is 3.12. The lowest BCUT2D eigenvalue weighted by Crippen LogP contribution is -2.39. The van der Waals surface area contributed by atoms with Gasteiger partial charge in [-0.3, -0.25) is 5.10 Å². The largest absolute Gasteiger partial charge is 0.444 e. The minimum absolute atomic E-state index is 0.248. The van der Waals surface area contributed by atoms with E-state index in [1.165, 1.54) is 5.57 Å². The Hall–Kier alpha value is -1.78. The Kier molecular flexibility index (Phi) is 3.41. The molecule has 0 fully saturated rings. The third-order valence-electron chi connectivity index (χ3n) is 2.71. The molecule has 0 aliphatic carbocycles. The van der Waals surface area contributed by atoms with Crippen LogP contribution in [0.2, 0.25) is 0 Å². The minimum Gasteiger partial charge on any atom is -0.444 e. The Morgan fingerprint density at radius 1 is 1.50 bits per heavy atom. The molecule has 1 aliphatic rings. The van der Waals surface area contributed by atoms with E-state index in [9.17, 15) is 4.79 Å². The van der Waals surface area contributed by atoms with Crippen LogP contribution in [-0.2, 0) is 4.74 Å². The number of carbonyl (C=O) groups is 1. The summed E-state index contributed by atoms with van der Waals surface area (Å²) >= 11 is 0. The molecule has 5 heteroatoms. The zero-order chi connectivity index (χ0) is 13.2. The van der Waals surface area contributed by atoms with Crippen LogP contribution in [0.5, 0.6) is 0 Å². The Morgan fingerprint density at radius 3 is 2.78 bits per heavy atom. The fraction of sp³-hybridized carbons (Fsp3) is 0.538. The highest BCUT2D eigenvalue weighted by Gasteiger charge is 2.23. The van der Waals surface area contributed by atoms with E-state index < -0.39 is 5.60 Å². The standard InChI is InChI=1S/C13H19N3O2/c1-13(2,3)18-12(17)16-8-5-10(6-9-16)11-4-7-14-15-11/h4-5,7H,6,8-9H2,1-3H3,(H,14,15).